The van der Waals surface area contributed by atoms with E-state index in [1.165, 1.54) is 0 Å². The molecule has 86 valence electrons. The minimum absolute atomic E-state index is 0.0481. The molecule has 2 rings (SSSR count). The number of anilines is 1. The van der Waals surface area contributed by atoms with Crippen molar-refractivity contribution in [1.29, 1.82) is 0 Å². The molecule has 1 aliphatic heterocycles. The van der Waals surface area contributed by atoms with Crippen LogP contribution in [0.25, 0.3) is 0 Å². The van der Waals surface area contributed by atoms with Gasteiger partial charge >= 0.3 is 0 Å². The lowest BCUT2D eigenvalue weighted by atomic mass is 10.0. The SMILES string of the molecule is Cc1cc(NC(=O)C2CNC2)c(C)cc1O. The summed E-state index contributed by atoms with van der Waals surface area (Å²) < 4.78 is 0. The summed E-state index contributed by atoms with van der Waals surface area (Å²) in [4.78, 5) is 11.7. The molecule has 0 saturated carbocycles. The molecule has 4 heteroatoms. The van der Waals surface area contributed by atoms with Gasteiger partial charge in [0.2, 0.25) is 5.91 Å². The second-order valence-electron chi connectivity index (χ2n) is 4.30. The number of benzene rings is 1. The number of aromatic hydroxyl groups is 1. The van der Waals surface area contributed by atoms with Crippen LogP contribution in [0.15, 0.2) is 12.1 Å². The Labute approximate surface area is 94.7 Å². The van der Waals surface area contributed by atoms with Crippen LogP contribution in [-0.2, 0) is 4.79 Å². The molecule has 1 aromatic carbocycles. The number of phenolic OH excluding ortho intramolecular Hbond substituents is 1. The zero-order valence-corrected chi connectivity index (χ0v) is 9.50. The number of phenols is 1. The quantitative estimate of drug-likeness (QED) is 0.656. The largest absolute Gasteiger partial charge is 0.508 e. The third kappa shape index (κ3) is 2.02. The summed E-state index contributed by atoms with van der Waals surface area (Å²) in [5.41, 5.74) is 2.43. The van der Waals surface area contributed by atoms with Gasteiger partial charge in [-0.2, -0.15) is 0 Å². The first-order chi connectivity index (χ1) is 7.58. The summed E-state index contributed by atoms with van der Waals surface area (Å²) >= 11 is 0. The first-order valence-electron chi connectivity index (χ1n) is 5.39. The molecule has 0 bridgehead atoms. The Bertz CT molecular complexity index is 425. The van der Waals surface area contributed by atoms with Gasteiger partial charge in [0, 0.05) is 18.8 Å². The lowest BCUT2D eigenvalue weighted by Crippen LogP contribution is -2.48. The van der Waals surface area contributed by atoms with Gasteiger partial charge in [-0.25, -0.2) is 0 Å². The fourth-order valence-corrected chi connectivity index (χ4v) is 1.64. The van der Waals surface area contributed by atoms with Gasteiger partial charge < -0.3 is 15.7 Å². The second kappa shape index (κ2) is 4.14. The summed E-state index contributed by atoms with van der Waals surface area (Å²) in [5.74, 6) is 0.390. The smallest absolute Gasteiger partial charge is 0.230 e. The molecule has 16 heavy (non-hydrogen) atoms. The normalized spacial score (nSPS) is 15.6. The molecule has 3 N–H and O–H groups in total. The minimum Gasteiger partial charge on any atom is -0.508 e. The Morgan fingerprint density at radius 3 is 2.62 bits per heavy atom. The van der Waals surface area contributed by atoms with E-state index in [4.69, 9.17) is 0 Å². The van der Waals surface area contributed by atoms with E-state index in [0.29, 0.717) is 0 Å². The van der Waals surface area contributed by atoms with E-state index in [1.54, 1.807) is 12.1 Å². The summed E-state index contributed by atoms with van der Waals surface area (Å²) in [7, 11) is 0. The average Bonchev–Trinajstić information content (AvgIpc) is 2.11. The highest BCUT2D eigenvalue weighted by molar-refractivity contribution is 5.94. The van der Waals surface area contributed by atoms with Crippen molar-refractivity contribution in [3.63, 3.8) is 0 Å². The molecule has 1 fully saturated rings. The number of nitrogens with one attached hydrogen (secondary N) is 2. The van der Waals surface area contributed by atoms with Crippen molar-refractivity contribution in [2.24, 2.45) is 5.92 Å². The number of aryl methyl sites for hydroxylation is 2. The highest BCUT2D eigenvalue weighted by Crippen LogP contribution is 2.25. The predicted molar refractivity (Wildman–Crippen MR) is 62.6 cm³/mol. The Morgan fingerprint density at radius 1 is 1.38 bits per heavy atom. The average molecular weight is 220 g/mol. The zero-order chi connectivity index (χ0) is 11.7. The van der Waals surface area contributed by atoms with Crippen LogP contribution >= 0.6 is 0 Å². The van der Waals surface area contributed by atoms with Gasteiger partial charge in [-0.1, -0.05) is 0 Å². The van der Waals surface area contributed by atoms with Gasteiger partial charge in [-0.3, -0.25) is 4.79 Å². The molecule has 1 heterocycles. The van der Waals surface area contributed by atoms with Crippen LogP contribution in [0.1, 0.15) is 11.1 Å². The van der Waals surface area contributed by atoms with Crippen LogP contribution in [-0.4, -0.2) is 24.1 Å². The summed E-state index contributed by atoms with van der Waals surface area (Å²) in [6, 6.07) is 3.47. The Kier molecular flexibility index (Phi) is 2.83. The fourth-order valence-electron chi connectivity index (χ4n) is 1.64. The first kappa shape index (κ1) is 11.0. The standard InChI is InChI=1S/C12H16N2O2/c1-7-4-11(15)8(2)3-10(7)14-12(16)9-5-13-6-9/h3-4,9,13,15H,5-6H2,1-2H3,(H,14,16). The van der Waals surface area contributed by atoms with Crippen molar-refractivity contribution < 1.29 is 9.90 Å². The summed E-state index contributed by atoms with van der Waals surface area (Å²) in [6.07, 6.45) is 0. The zero-order valence-electron chi connectivity index (χ0n) is 9.50. The molecular formula is C12H16N2O2. The monoisotopic (exact) mass is 220 g/mol. The van der Waals surface area contributed by atoms with Crippen molar-refractivity contribution in [3.05, 3.63) is 23.3 Å². The van der Waals surface area contributed by atoms with E-state index in [9.17, 15) is 9.90 Å². The van der Waals surface area contributed by atoms with Crippen LogP contribution in [0.3, 0.4) is 0 Å². The molecular weight excluding hydrogens is 204 g/mol. The van der Waals surface area contributed by atoms with Crippen molar-refractivity contribution in [1.82, 2.24) is 5.32 Å². The van der Waals surface area contributed by atoms with Crippen LogP contribution in [0, 0.1) is 19.8 Å². The molecule has 1 amide bonds. The molecule has 0 spiro atoms. The highest BCUT2D eigenvalue weighted by Gasteiger charge is 2.25. The van der Waals surface area contributed by atoms with E-state index in [-0.39, 0.29) is 17.6 Å². The molecule has 1 aliphatic rings. The maximum atomic E-state index is 11.7. The molecule has 0 radical (unpaired) electrons. The van der Waals surface area contributed by atoms with Crippen molar-refractivity contribution in [2.75, 3.05) is 18.4 Å². The van der Waals surface area contributed by atoms with Crippen molar-refractivity contribution in [3.8, 4) is 5.75 Å². The van der Waals surface area contributed by atoms with Gasteiger partial charge in [0.05, 0.1) is 5.92 Å². The number of rotatable bonds is 2. The van der Waals surface area contributed by atoms with Gasteiger partial charge in [0.1, 0.15) is 5.75 Å². The molecule has 0 atom stereocenters. The number of carbonyl (C=O) groups is 1. The number of hydrogen-bond donors (Lipinski definition) is 3. The number of carbonyl (C=O) groups excluding carboxylic acids is 1. The third-order valence-corrected chi connectivity index (χ3v) is 2.95. The summed E-state index contributed by atoms with van der Waals surface area (Å²) in [6.45, 7) is 5.19. The third-order valence-electron chi connectivity index (χ3n) is 2.95. The topological polar surface area (TPSA) is 61.4 Å². The maximum Gasteiger partial charge on any atom is 0.230 e. The number of hydrogen-bond acceptors (Lipinski definition) is 3. The van der Waals surface area contributed by atoms with Crippen LogP contribution in [0.4, 0.5) is 5.69 Å². The van der Waals surface area contributed by atoms with Gasteiger partial charge in [0.15, 0.2) is 0 Å². The molecule has 4 nitrogen and oxygen atoms in total. The van der Waals surface area contributed by atoms with Crippen LogP contribution in [0.5, 0.6) is 5.75 Å². The maximum absolute atomic E-state index is 11.7. The van der Waals surface area contributed by atoms with E-state index in [1.807, 2.05) is 13.8 Å². The molecule has 0 aromatic heterocycles. The lowest BCUT2D eigenvalue weighted by molar-refractivity contribution is -0.121. The van der Waals surface area contributed by atoms with Crippen molar-refractivity contribution >= 4 is 11.6 Å². The fraction of sp³-hybridized carbons (Fsp3) is 0.417. The molecule has 1 aromatic rings. The summed E-state index contributed by atoms with van der Waals surface area (Å²) in [5, 5.41) is 15.5. The van der Waals surface area contributed by atoms with E-state index < -0.39 is 0 Å². The van der Waals surface area contributed by atoms with Gasteiger partial charge in [-0.15, -0.1) is 0 Å². The van der Waals surface area contributed by atoms with Gasteiger partial charge in [-0.05, 0) is 37.1 Å². The molecule has 0 unspecified atom stereocenters. The highest BCUT2D eigenvalue weighted by atomic mass is 16.3. The Morgan fingerprint density at radius 2 is 2.06 bits per heavy atom. The predicted octanol–water partition coefficient (Wildman–Crippen LogP) is 1.17. The molecule has 0 aliphatic carbocycles. The molecule has 1 saturated heterocycles. The minimum atomic E-state index is 0.0481. The second-order valence-corrected chi connectivity index (χ2v) is 4.30. The Balaban J connectivity index is 2.14. The lowest BCUT2D eigenvalue weighted by Gasteiger charge is -2.26. The Hall–Kier alpha value is -1.55. The van der Waals surface area contributed by atoms with Gasteiger partial charge in [0.25, 0.3) is 0 Å². The van der Waals surface area contributed by atoms with E-state index >= 15 is 0 Å². The van der Waals surface area contributed by atoms with Crippen LogP contribution in [0.2, 0.25) is 0 Å². The van der Waals surface area contributed by atoms with Crippen molar-refractivity contribution in [2.45, 2.75) is 13.8 Å². The first-order valence-corrected chi connectivity index (χ1v) is 5.39. The van der Waals surface area contributed by atoms with Crippen LogP contribution < -0.4 is 10.6 Å². The van der Waals surface area contributed by atoms with E-state index in [2.05, 4.69) is 10.6 Å². The number of amides is 1. The van der Waals surface area contributed by atoms with E-state index in [0.717, 1.165) is 29.9 Å².